The van der Waals surface area contributed by atoms with Crippen LogP contribution in [0.4, 0.5) is 5.82 Å². The number of methoxy groups -OCH3 is 1. The van der Waals surface area contributed by atoms with Crippen molar-refractivity contribution in [2.45, 2.75) is 6.54 Å². The summed E-state index contributed by atoms with van der Waals surface area (Å²) >= 11 is 9.41. The second kappa shape index (κ2) is 5.69. The van der Waals surface area contributed by atoms with Gasteiger partial charge in [-0.1, -0.05) is 11.6 Å². The van der Waals surface area contributed by atoms with Crippen LogP contribution in [0.1, 0.15) is 0 Å². The lowest BCUT2D eigenvalue weighted by Crippen LogP contribution is -2.08. The molecule has 0 fully saturated rings. The van der Waals surface area contributed by atoms with Crippen molar-refractivity contribution in [1.29, 1.82) is 0 Å². The molecule has 0 saturated carbocycles. The number of anilines is 1. The van der Waals surface area contributed by atoms with Gasteiger partial charge in [0.05, 0.1) is 34.5 Å². The molecule has 0 saturated heterocycles. The maximum atomic E-state index is 5.96. The van der Waals surface area contributed by atoms with Gasteiger partial charge in [0.2, 0.25) is 0 Å². The average molecular weight is 332 g/mol. The highest BCUT2D eigenvalue weighted by molar-refractivity contribution is 9.10. The quantitative estimate of drug-likeness (QED) is 0.935. The Morgan fingerprint density at radius 3 is 3.00 bits per heavy atom. The fraction of sp³-hybridized carbons (Fsp3) is 0.273. The molecule has 2 heterocycles. The predicted molar refractivity (Wildman–Crippen MR) is 74.5 cm³/mol. The zero-order chi connectivity index (χ0) is 13.1. The molecule has 0 bridgehead atoms. The van der Waals surface area contributed by atoms with Crippen molar-refractivity contribution < 1.29 is 4.74 Å². The van der Waals surface area contributed by atoms with Crippen LogP contribution in [0.3, 0.4) is 0 Å². The average Bonchev–Trinajstić information content (AvgIpc) is 2.71. The third-order valence-electron chi connectivity index (χ3n) is 2.44. The fourth-order valence-corrected chi connectivity index (χ4v) is 2.28. The largest absolute Gasteiger partial charge is 0.383 e. The molecule has 18 heavy (non-hydrogen) atoms. The molecule has 2 aromatic heterocycles. The smallest absolute Gasteiger partial charge is 0.132 e. The fourth-order valence-electron chi connectivity index (χ4n) is 1.62. The van der Waals surface area contributed by atoms with E-state index in [9.17, 15) is 0 Å². The molecule has 96 valence electrons. The standard InChI is InChI=1S/C11H12BrClN4O/c1-18-3-2-17-10(9(12)6-16-17)8-4-7(13)5-15-11(8)14/h4-6H,2-3H2,1H3,(H2,14,15). The third-order valence-corrected chi connectivity index (χ3v) is 3.23. The van der Waals surface area contributed by atoms with Crippen LogP contribution in [0.5, 0.6) is 0 Å². The second-order valence-corrected chi connectivity index (χ2v) is 4.93. The van der Waals surface area contributed by atoms with Crippen molar-refractivity contribution in [2.75, 3.05) is 19.5 Å². The number of ether oxygens (including phenoxy) is 1. The number of aromatic nitrogens is 3. The van der Waals surface area contributed by atoms with Gasteiger partial charge in [-0.2, -0.15) is 5.10 Å². The number of hydrogen-bond acceptors (Lipinski definition) is 4. The van der Waals surface area contributed by atoms with Crippen LogP contribution in [0.15, 0.2) is 22.9 Å². The van der Waals surface area contributed by atoms with Crippen LogP contribution in [0, 0.1) is 0 Å². The summed E-state index contributed by atoms with van der Waals surface area (Å²) in [6.45, 7) is 1.19. The number of hydrogen-bond donors (Lipinski definition) is 1. The Labute approximate surface area is 118 Å². The highest BCUT2D eigenvalue weighted by Crippen LogP contribution is 2.32. The lowest BCUT2D eigenvalue weighted by molar-refractivity contribution is 0.184. The Morgan fingerprint density at radius 1 is 1.50 bits per heavy atom. The molecule has 0 aliphatic heterocycles. The summed E-state index contributed by atoms with van der Waals surface area (Å²) in [5, 5.41) is 4.80. The van der Waals surface area contributed by atoms with Crippen LogP contribution in [-0.4, -0.2) is 28.5 Å². The highest BCUT2D eigenvalue weighted by atomic mass is 79.9. The third kappa shape index (κ3) is 2.66. The van der Waals surface area contributed by atoms with E-state index in [0.717, 1.165) is 15.7 Å². The van der Waals surface area contributed by atoms with Gasteiger partial charge < -0.3 is 10.5 Å². The molecule has 2 rings (SSSR count). The van der Waals surface area contributed by atoms with Gasteiger partial charge in [-0.3, -0.25) is 4.68 Å². The van der Waals surface area contributed by atoms with Crippen LogP contribution < -0.4 is 5.73 Å². The van der Waals surface area contributed by atoms with E-state index in [4.69, 9.17) is 22.1 Å². The predicted octanol–water partition coefficient (Wildman–Crippen LogP) is 2.59. The Bertz CT molecular complexity index is 558. The number of nitrogens with two attached hydrogens (primary N) is 1. The zero-order valence-electron chi connectivity index (χ0n) is 9.73. The van der Waals surface area contributed by atoms with E-state index in [1.807, 2.05) is 0 Å². The molecule has 0 radical (unpaired) electrons. The molecule has 0 amide bonds. The van der Waals surface area contributed by atoms with E-state index in [1.54, 1.807) is 24.1 Å². The Balaban J connectivity index is 2.48. The van der Waals surface area contributed by atoms with E-state index < -0.39 is 0 Å². The summed E-state index contributed by atoms with van der Waals surface area (Å²) in [6.07, 6.45) is 3.23. The topological polar surface area (TPSA) is 66.0 Å². The van der Waals surface area contributed by atoms with Crippen LogP contribution in [0.2, 0.25) is 5.02 Å². The highest BCUT2D eigenvalue weighted by Gasteiger charge is 2.15. The van der Waals surface area contributed by atoms with Gasteiger partial charge in [-0.25, -0.2) is 4.98 Å². The van der Waals surface area contributed by atoms with Crippen molar-refractivity contribution in [3.05, 3.63) is 28.0 Å². The van der Waals surface area contributed by atoms with Gasteiger partial charge in [-0.15, -0.1) is 0 Å². The van der Waals surface area contributed by atoms with Gasteiger partial charge in [-0.05, 0) is 22.0 Å². The molecule has 2 N–H and O–H groups in total. The van der Waals surface area contributed by atoms with E-state index in [-0.39, 0.29) is 0 Å². The summed E-state index contributed by atoms with van der Waals surface area (Å²) in [6, 6.07) is 1.77. The zero-order valence-corrected chi connectivity index (χ0v) is 12.1. The summed E-state index contributed by atoms with van der Waals surface area (Å²) < 4.78 is 7.70. The molecular formula is C11H12BrClN4O. The van der Waals surface area contributed by atoms with Crippen molar-refractivity contribution in [3.8, 4) is 11.3 Å². The maximum Gasteiger partial charge on any atom is 0.132 e. The van der Waals surface area contributed by atoms with E-state index in [2.05, 4.69) is 26.0 Å². The molecule has 0 aliphatic carbocycles. The van der Waals surface area contributed by atoms with Gasteiger partial charge >= 0.3 is 0 Å². The van der Waals surface area contributed by atoms with Gasteiger partial charge in [0, 0.05) is 18.9 Å². The van der Waals surface area contributed by atoms with Gasteiger partial charge in [0.15, 0.2) is 0 Å². The minimum Gasteiger partial charge on any atom is -0.383 e. The number of pyridine rings is 1. The normalized spacial score (nSPS) is 10.8. The molecule has 5 nitrogen and oxygen atoms in total. The van der Waals surface area contributed by atoms with Crippen LogP contribution >= 0.6 is 27.5 Å². The lowest BCUT2D eigenvalue weighted by atomic mass is 10.2. The van der Waals surface area contributed by atoms with Crippen molar-refractivity contribution in [3.63, 3.8) is 0 Å². The monoisotopic (exact) mass is 330 g/mol. The first-order valence-electron chi connectivity index (χ1n) is 5.25. The summed E-state index contributed by atoms with van der Waals surface area (Å²) in [5.74, 6) is 0.416. The number of halogens is 2. The van der Waals surface area contributed by atoms with Crippen LogP contribution in [0.25, 0.3) is 11.3 Å². The minimum absolute atomic E-state index is 0.416. The summed E-state index contributed by atoms with van der Waals surface area (Å²) in [5.41, 5.74) is 7.48. The maximum absolute atomic E-state index is 5.96. The first-order valence-corrected chi connectivity index (χ1v) is 6.42. The molecule has 0 aliphatic rings. The second-order valence-electron chi connectivity index (χ2n) is 3.64. The summed E-state index contributed by atoms with van der Waals surface area (Å²) in [4.78, 5) is 4.05. The molecular weight excluding hydrogens is 320 g/mol. The molecule has 0 aromatic carbocycles. The number of nitrogens with zero attached hydrogens (tertiary/aromatic N) is 3. The number of nitrogen functional groups attached to an aromatic ring is 1. The Morgan fingerprint density at radius 2 is 2.28 bits per heavy atom. The van der Waals surface area contributed by atoms with Crippen molar-refractivity contribution >= 4 is 33.3 Å². The van der Waals surface area contributed by atoms with Crippen LogP contribution in [-0.2, 0) is 11.3 Å². The molecule has 0 spiro atoms. The molecule has 0 unspecified atom stereocenters. The molecule has 0 atom stereocenters. The Kier molecular flexibility index (Phi) is 4.21. The van der Waals surface area contributed by atoms with Gasteiger partial charge in [0.25, 0.3) is 0 Å². The summed E-state index contributed by atoms with van der Waals surface area (Å²) in [7, 11) is 1.65. The lowest BCUT2D eigenvalue weighted by Gasteiger charge is -2.09. The first kappa shape index (κ1) is 13.3. The Hall–Kier alpha value is -1.11. The van der Waals surface area contributed by atoms with Gasteiger partial charge in [0.1, 0.15) is 5.82 Å². The van der Waals surface area contributed by atoms with E-state index >= 15 is 0 Å². The molecule has 7 heteroatoms. The van der Waals surface area contributed by atoms with Crippen molar-refractivity contribution in [2.24, 2.45) is 0 Å². The SMILES string of the molecule is COCCn1ncc(Br)c1-c1cc(Cl)cnc1N. The minimum atomic E-state index is 0.416. The van der Waals surface area contributed by atoms with E-state index in [1.165, 1.54) is 6.20 Å². The number of rotatable bonds is 4. The molecule has 2 aromatic rings. The van der Waals surface area contributed by atoms with Crippen molar-refractivity contribution in [1.82, 2.24) is 14.8 Å². The van der Waals surface area contributed by atoms with E-state index in [0.29, 0.717) is 24.0 Å². The first-order chi connectivity index (χ1) is 8.63.